The molecule has 5 rings (SSSR count). The zero-order valence-electron chi connectivity index (χ0n) is 19.3. The van der Waals surface area contributed by atoms with E-state index in [4.69, 9.17) is 9.47 Å². The molecule has 0 bridgehead atoms. The predicted octanol–water partition coefficient (Wildman–Crippen LogP) is 5.47. The van der Waals surface area contributed by atoms with Gasteiger partial charge in [-0.05, 0) is 42.5 Å². The molecule has 3 aromatic heterocycles. The van der Waals surface area contributed by atoms with Crippen molar-refractivity contribution < 1.29 is 31.8 Å². The lowest BCUT2D eigenvalue weighted by Gasteiger charge is -2.21. The van der Waals surface area contributed by atoms with Gasteiger partial charge in [0.15, 0.2) is 5.67 Å². The van der Waals surface area contributed by atoms with Crippen LogP contribution < -0.4 is 9.47 Å². The van der Waals surface area contributed by atoms with Crippen molar-refractivity contribution in [3.8, 4) is 17.4 Å². The van der Waals surface area contributed by atoms with Crippen molar-refractivity contribution in [1.82, 2.24) is 19.9 Å². The summed E-state index contributed by atoms with van der Waals surface area (Å²) in [6.07, 6.45) is -0.529. The Labute approximate surface area is 208 Å². The van der Waals surface area contributed by atoms with Crippen LogP contribution in [0.3, 0.4) is 0 Å². The molecule has 1 saturated heterocycles. The summed E-state index contributed by atoms with van der Waals surface area (Å²) in [6, 6.07) is 13.3. The normalized spacial score (nSPS) is 17.7. The zero-order chi connectivity index (χ0) is 26.0. The van der Waals surface area contributed by atoms with Gasteiger partial charge in [-0.25, -0.2) is 14.4 Å². The number of rotatable bonds is 6. The number of aromatic nitrogens is 3. The van der Waals surface area contributed by atoms with E-state index in [1.807, 2.05) is 0 Å². The van der Waals surface area contributed by atoms with Crippen molar-refractivity contribution in [2.75, 3.05) is 19.7 Å². The summed E-state index contributed by atoms with van der Waals surface area (Å²) in [5.74, 6) is 0.463. The number of alkyl halides is 4. The van der Waals surface area contributed by atoms with Gasteiger partial charge < -0.3 is 14.4 Å². The van der Waals surface area contributed by atoms with Crippen molar-refractivity contribution in [3.05, 3.63) is 84.4 Å². The van der Waals surface area contributed by atoms with Crippen LogP contribution in [-0.2, 0) is 6.18 Å². The molecule has 0 radical (unpaired) electrons. The number of likely N-dealkylation sites (tertiary alicyclic amines) is 1. The number of hydrogen-bond donors (Lipinski definition) is 0. The molecule has 4 aromatic rings. The van der Waals surface area contributed by atoms with E-state index in [0.717, 1.165) is 12.1 Å². The molecule has 11 heteroatoms. The molecule has 1 atom stereocenters. The Bertz CT molecular complexity index is 1420. The van der Waals surface area contributed by atoms with E-state index < -0.39 is 17.4 Å². The summed E-state index contributed by atoms with van der Waals surface area (Å²) in [5.41, 5.74) is -1.87. The van der Waals surface area contributed by atoms with Gasteiger partial charge in [0.2, 0.25) is 5.88 Å². The minimum absolute atomic E-state index is 0.00348. The van der Waals surface area contributed by atoms with Crippen molar-refractivity contribution in [2.24, 2.45) is 0 Å². The Morgan fingerprint density at radius 1 is 1.03 bits per heavy atom. The number of carbonyl (C=O) groups excluding carboxylic acids is 1. The van der Waals surface area contributed by atoms with E-state index in [2.05, 4.69) is 15.0 Å². The Morgan fingerprint density at radius 3 is 2.57 bits per heavy atom. The first-order valence-electron chi connectivity index (χ1n) is 11.3. The fourth-order valence-corrected chi connectivity index (χ4v) is 3.95. The largest absolute Gasteiger partial charge is 0.490 e. The summed E-state index contributed by atoms with van der Waals surface area (Å²) >= 11 is 0. The monoisotopic (exact) mass is 512 g/mol. The summed E-state index contributed by atoms with van der Waals surface area (Å²) in [5, 5.41) is 0.646. The van der Waals surface area contributed by atoms with Gasteiger partial charge in [0.25, 0.3) is 5.91 Å². The average Bonchev–Trinajstić information content (AvgIpc) is 3.29. The molecule has 37 heavy (non-hydrogen) atoms. The van der Waals surface area contributed by atoms with Gasteiger partial charge in [0, 0.05) is 43.0 Å². The topological polar surface area (TPSA) is 77.4 Å². The molecule has 1 amide bonds. The molecule has 1 aromatic carbocycles. The highest BCUT2D eigenvalue weighted by atomic mass is 19.4. The first-order valence-corrected chi connectivity index (χ1v) is 11.3. The van der Waals surface area contributed by atoms with Crippen molar-refractivity contribution >= 4 is 16.8 Å². The van der Waals surface area contributed by atoms with Gasteiger partial charge in [-0.3, -0.25) is 9.78 Å². The molecule has 0 N–H and O–H groups in total. The van der Waals surface area contributed by atoms with E-state index in [9.17, 15) is 18.0 Å². The molecule has 190 valence electrons. The maximum atomic E-state index is 15.3. The zero-order valence-corrected chi connectivity index (χ0v) is 19.3. The van der Waals surface area contributed by atoms with Crippen LogP contribution in [0.25, 0.3) is 10.9 Å². The van der Waals surface area contributed by atoms with Gasteiger partial charge in [0.05, 0.1) is 17.6 Å². The minimum atomic E-state index is -4.48. The summed E-state index contributed by atoms with van der Waals surface area (Å²) in [4.78, 5) is 26.4. The number of benzene rings is 1. The lowest BCUT2D eigenvalue weighted by atomic mass is 10.1. The minimum Gasteiger partial charge on any atom is -0.490 e. The van der Waals surface area contributed by atoms with Crippen LogP contribution >= 0.6 is 0 Å². The van der Waals surface area contributed by atoms with Gasteiger partial charge in [-0.15, -0.1) is 0 Å². The van der Waals surface area contributed by atoms with Crippen LogP contribution in [-0.4, -0.2) is 51.1 Å². The van der Waals surface area contributed by atoms with E-state index in [1.165, 1.54) is 11.0 Å². The van der Waals surface area contributed by atoms with Crippen molar-refractivity contribution in [3.63, 3.8) is 0 Å². The molecule has 0 aliphatic carbocycles. The number of nitrogens with zero attached hydrogens (tertiary/aromatic N) is 4. The van der Waals surface area contributed by atoms with Gasteiger partial charge in [-0.1, -0.05) is 6.07 Å². The second kappa shape index (κ2) is 9.64. The second-order valence-corrected chi connectivity index (χ2v) is 8.64. The lowest BCUT2D eigenvalue weighted by Crippen LogP contribution is -2.37. The molecule has 1 unspecified atom stereocenters. The number of hydrogen-bond acceptors (Lipinski definition) is 6. The fraction of sp³-hybridized carbons (Fsp3) is 0.231. The third-order valence-corrected chi connectivity index (χ3v) is 5.90. The number of ether oxygens (including phenoxy) is 2. The number of amides is 1. The van der Waals surface area contributed by atoms with Gasteiger partial charge in [0.1, 0.15) is 23.8 Å². The Hall–Kier alpha value is -4.28. The SMILES string of the molecule is O=C(c1ccc2cc(Oc3ccc(C(F)(F)F)cn3)ccc2n1)N1CCC(F)(COc2ccncc2)C1. The summed E-state index contributed by atoms with van der Waals surface area (Å²) in [6.45, 7) is -0.0479. The summed E-state index contributed by atoms with van der Waals surface area (Å²) in [7, 11) is 0. The van der Waals surface area contributed by atoms with Gasteiger partial charge in [-0.2, -0.15) is 13.2 Å². The number of pyridine rings is 3. The number of carbonyl (C=O) groups is 1. The van der Waals surface area contributed by atoms with Crippen LogP contribution in [0.15, 0.2) is 73.2 Å². The second-order valence-electron chi connectivity index (χ2n) is 8.64. The lowest BCUT2D eigenvalue weighted by molar-refractivity contribution is -0.137. The summed E-state index contributed by atoms with van der Waals surface area (Å²) < 4.78 is 64.4. The van der Waals surface area contributed by atoms with Crippen LogP contribution in [0.1, 0.15) is 22.5 Å². The highest BCUT2D eigenvalue weighted by Crippen LogP contribution is 2.31. The van der Waals surface area contributed by atoms with E-state index in [1.54, 1.807) is 48.8 Å². The Balaban J connectivity index is 1.24. The predicted molar refractivity (Wildman–Crippen MR) is 125 cm³/mol. The molecular formula is C26H20F4N4O3. The van der Waals surface area contributed by atoms with E-state index in [0.29, 0.717) is 28.6 Å². The fourth-order valence-electron chi connectivity index (χ4n) is 3.95. The molecule has 1 aliphatic heterocycles. The molecular weight excluding hydrogens is 492 g/mol. The van der Waals surface area contributed by atoms with Crippen LogP contribution in [0.2, 0.25) is 0 Å². The smallest absolute Gasteiger partial charge is 0.417 e. The van der Waals surface area contributed by atoms with Gasteiger partial charge >= 0.3 is 6.18 Å². The first kappa shape index (κ1) is 24.4. The van der Waals surface area contributed by atoms with E-state index >= 15 is 4.39 Å². The highest BCUT2D eigenvalue weighted by molar-refractivity contribution is 5.95. The Kier molecular flexibility index (Phi) is 6.36. The van der Waals surface area contributed by atoms with Crippen molar-refractivity contribution in [1.29, 1.82) is 0 Å². The molecule has 1 fully saturated rings. The molecule has 1 aliphatic rings. The third-order valence-electron chi connectivity index (χ3n) is 5.90. The molecule has 4 heterocycles. The quantitative estimate of drug-likeness (QED) is 0.319. The highest BCUT2D eigenvalue weighted by Gasteiger charge is 2.41. The third kappa shape index (κ3) is 5.60. The average molecular weight is 512 g/mol. The van der Waals surface area contributed by atoms with Crippen LogP contribution in [0.4, 0.5) is 17.6 Å². The Morgan fingerprint density at radius 2 is 1.84 bits per heavy atom. The number of halogens is 4. The number of fused-ring (bicyclic) bond motifs is 1. The molecule has 7 nitrogen and oxygen atoms in total. The maximum absolute atomic E-state index is 15.3. The molecule has 0 saturated carbocycles. The molecule has 0 spiro atoms. The standard InChI is InChI=1S/C26H20F4N4O3/c27-25(16-36-19-7-10-31-11-8-19)9-12-34(15-25)24(35)22-4-1-17-13-20(3-5-21(17)33-22)37-23-6-2-18(14-32-23)26(28,29)30/h1-8,10-11,13-14H,9,12,15-16H2. The first-order chi connectivity index (χ1) is 17.7. The van der Waals surface area contributed by atoms with Crippen LogP contribution in [0.5, 0.6) is 17.4 Å². The van der Waals surface area contributed by atoms with E-state index in [-0.39, 0.29) is 43.6 Å². The van der Waals surface area contributed by atoms with Crippen LogP contribution in [0, 0.1) is 0 Å². The maximum Gasteiger partial charge on any atom is 0.417 e. The van der Waals surface area contributed by atoms with Crippen molar-refractivity contribution in [2.45, 2.75) is 18.3 Å².